The number of rotatable bonds is 6. The summed E-state index contributed by atoms with van der Waals surface area (Å²) < 4.78 is 16.2. The van der Waals surface area contributed by atoms with Crippen LogP contribution in [0.25, 0.3) is 16.9 Å². The van der Waals surface area contributed by atoms with E-state index in [1.165, 1.54) is 23.9 Å². The number of aryl methyl sites for hydroxylation is 1. The second kappa shape index (κ2) is 10.1. The molecule has 3 aromatic carbocycles. The molecular formula is C30H27FN4O2S. The minimum Gasteiger partial charge on any atom is -0.352 e. The third-order valence-electron chi connectivity index (χ3n) is 6.81. The first-order chi connectivity index (χ1) is 18.5. The van der Waals surface area contributed by atoms with Gasteiger partial charge in [0.25, 0.3) is 0 Å². The van der Waals surface area contributed by atoms with E-state index in [0.29, 0.717) is 11.5 Å². The molecule has 1 aromatic heterocycles. The summed E-state index contributed by atoms with van der Waals surface area (Å²) in [6.07, 6.45) is 1.92. The monoisotopic (exact) mass is 526 g/mol. The number of fused-ring (bicyclic) bond motifs is 1. The lowest BCUT2D eigenvalue weighted by Gasteiger charge is -2.23. The number of amides is 2. The van der Waals surface area contributed by atoms with Crippen LogP contribution in [0.2, 0.25) is 0 Å². The Hall–Kier alpha value is -3.91. The first kappa shape index (κ1) is 24.4. The van der Waals surface area contributed by atoms with E-state index in [4.69, 9.17) is 5.10 Å². The molecule has 192 valence electrons. The number of thioether (sulfide) groups is 1. The molecule has 1 fully saturated rings. The molecule has 1 atom stereocenters. The Kier molecular flexibility index (Phi) is 6.49. The normalized spacial score (nSPS) is 17.2. The molecule has 1 N–H and O–H groups in total. The molecule has 0 spiro atoms. The first-order valence-electron chi connectivity index (χ1n) is 12.7. The average molecular weight is 527 g/mol. The van der Waals surface area contributed by atoms with Crippen molar-refractivity contribution in [3.8, 4) is 16.9 Å². The van der Waals surface area contributed by atoms with E-state index in [0.717, 1.165) is 40.8 Å². The molecule has 2 aliphatic rings. The van der Waals surface area contributed by atoms with Crippen molar-refractivity contribution in [1.82, 2.24) is 15.1 Å². The van der Waals surface area contributed by atoms with Crippen LogP contribution in [0.3, 0.4) is 0 Å². The lowest BCUT2D eigenvalue weighted by Crippen LogP contribution is -2.43. The summed E-state index contributed by atoms with van der Waals surface area (Å²) in [6.45, 7) is 1.90. The number of hydrogen-bond acceptors (Lipinski definition) is 4. The highest BCUT2D eigenvalue weighted by Gasteiger charge is 2.38. The summed E-state index contributed by atoms with van der Waals surface area (Å²) in [5.41, 5.74) is 4.99. The number of halogens is 1. The van der Waals surface area contributed by atoms with Crippen molar-refractivity contribution in [2.75, 3.05) is 17.2 Å². The predicted octanol–water partition coefficient (Wildman–Crippen LogP) is 5.43. The summed E-state index contributed by atoms with van der Waals surface area (Å²) in [5, 5.41) is 7.70. The minimum absolute atomic E-state index is 0.107. The van der Waals surface area contributed by atoms with Crippen LogP contribution in [-0.2, 0) is 9.59 Å². The molecule has 8 heteroatoms. The van der Waals surface area contributed by atoms with E-state index >= 15 is 0 Å². The molecule has 0 bridgehead atoms. The van der Waals surface area contributed by atoms with E-state index in [1.54, 1.807) is 15.6 Å². The SMILES string of the molecule is Cc1ccc(-n2nc(-c3ccccc3)c3c2N(CC(=O)NC2CC2)C(=O)CS[C@H]3c2cccc(F)c2)cc1. The topological polar surface area (TPSA) is 67.2 Å². The molecule has 0 saturated heterocycles. The molecule has 1 aliphatic heterocycles. The van der Waals surface area contributed by atoms with E-state index in [9.17, 15) is 14.0 Å². The lowest BCUT2D eigenvalue weighted by atomic mass is 9.99. The minimum atomic E-state index is -0.365. The average Bonchev–Trinajstić information content (AvgIpc) is 3.67. The van der Waals surface area contributed by atoms with Crippen molar-refractivity contribution >= 4 is 29.4 Å². The Labute approximate surface area is 224 Å². The van der Waals surface area contributed by atoms with Gasteiger partial charge < -0.3 is 5.32 Å². The van der Waals surface area contributed by atoms with Crippen LogP contribution in [-0.4, -0.2) is 39.9 Å². The Bertz CT molecular complexity index is 1500. The summed E-state index contributed by atoms with van der Waals surface area (Å²) in [5.74, 6) is -0.0294. The molecule has 38 heavy (non-hydrogen) atoms. The number of hydrogen-bond donors (Lipinski definition) is 1. The van der Waals surface area contributed by atoms with Gasteiger partial charge in [0, 0.05) is 17.2 Å². The third kappa shape index (κ3) is 4.84. The maximum absolute atomic E-state index is 14.4. The number of carbonyl (C=O) groups excluding carboxylic acids is 2. The zero-order valence-electron chi connectivity index (χ0n) is 20.9. The van der Waals surface area contributed by atoms with Gasteiger partial charge in [0.2, 0.25) is 11.8 Å². The maximum Gasteiger partial charge on any atom is 0.240 e. The van der Waals surface area contributed by atoms with Gasteiger partial charge in [0.1, 0.15) is 18.2 Å². The third-order valence-corrected chi connectivity index (χ3v) is 8.07. The van der Waals surface area contributed by atoms with Crippen molar-refractivity contribution < 1.29 is 14.0 Å². The maximum atomic E-state index is 14.4. The summed E-state index contributed by atoms with van der Waals surface area (Å²) >= 11 is 1.43. The number of benzene rings is 3. The van der Waals surface area contributed by atoms with Gasteiger partial charge in [0.15, 0.2) is 0 Å². The van der Waals surface area contributed by atoms with Crippen molar-refractivity contribution in [3.63, 3.8) is 0 Å². The van der Waals surface area contributed by atoms with E-state index in [-0.39, 0.29) is 41.2 Å². The highest BCUT2D eigenvalue weighted by molar-refractivity contribution is 8.00. The largest absolute Gasteiger partial charge is 0.352 e. The van der Waals surface area contributed by atoms with Crippen molar-refractivity contribution in [1.29, 1.82) is 0 Å². The number of carbonyl (C=O) groups is 2. The van der Waals surface area contributed by atoms with Gasteiger partial charge in [0.05, 0.1) is 22.4 Å². The molecule has 0 radical (unpaired) electrons. The predicted molar refractivity (Wildman–Crippen MR) is 148 cm³/mol. The van der Waals surface area contributed by atoms with Gasteiger partial charge in [-0.25, -0.2) is 9.07 Å². The van der Waals surface area contributed by atoms with Crippen LogP contribution in [0.15, 0.2) is 78.9 Å². The van der Waals surface area contributed by atoms with Crippen LogP contribution in [0.5, 0.6) is 0 Å². The highest BCUT2D eigenvalue weighted by Crippen LogP contribution is 2.48. The van der Waals surface area contributed by atoms with Gasteiger partial charge in [-0.05, 0) is 49.6 Å². The number of aromatic nitrogens is 2. The second-order valence-electron chi connectivity index (χ2n) is 9.77. The molecule has 2 heterocycles. The fourth-order valence-electron chi connectivity index (χ4n) is 4.77. The van der Waals surface area contributed by atoms with Crippen LogP contribution < -0.4 is 10.2 Å². The Morgan fingerprint density at radius 3 is 2.53 bits per heavy atom. The quantitative estimate of drug-likeness (QED) is 0.364. The number of nitrogens with zero attached hydrogens (tertiary/aromatic N) is 3. The number of nitrogens with one attached hydrogen (secondary N) is 1. The number of anilines is 1. The Morgan fingerprint density at radius 2 is 1.82 bits per heavy atom. The van der Waals surface area contributed by atoms with Crippen molar-refractivity contribution in [2.45, 2.75) is 31.1 Å². The Balaban J connectivity index is 1.60. The van der Waals surface area contributed by atoms with Crippen molar-refractivity contribution in [2.24, 2.45) is 0 Å². The van der Waals surface area contributed by atoms with Gasteiger partial charge in [-0.2, -0.15) is 5.10 Å². The molecule has 4 aromatic rings. The van der Waals surface area contributed by atoms with Gasteiger partial charge in [-0.15, -0.1) is 11.8 Å². The van der Waals surface area contributed by atoms with E-state index in [2.05, 4.69) is 5.32 Å². The molecule has 1 saturated carbocycles. The second-order valence-corrected chi connectivity index (χ2v) is 10.9. The van der Waals surface area contributed by atoms with Crippen LogP contribution in [0.1, 0.15) is 34.8 Å². The molecule has 6 rings (SSSR count). The zero-order valence-corrected chi connectivity index (χ0v) is 21.7. The fourth-order valence-corrected chi connectivity index (χ4v) is 5.96. The lowest BCUT2D eigenvalue weighted by molar-refractivity contribution is -0.123. The molecule has 1 aliphatic carbocycles. The molecule has 2 amide bonds. The smallest absolute Gasteiger partial charge is 0.240 e. The summed E-state index contributed by atoms with van der Waals surface area (Å²) in [6, 6.07) is 24.4. The first-order valence-corrected chi connectivity index (χ1v) is 13.7. The summed E-state index contributed by atoms with van der Waals surface area (Å²) in [4.78, 5) is 28.2. The molecule has 0 unspecified atom stereocenters. The van der Waals surface area contributed by atoms with E-state index < -0.39 is 0 Å². The van der Waals surface area contributed by atoms with E-state index in [1.807, 2.05) is 67.6 Å². The molecular weight excluding hydrogens is 499 g/mol. The zero-order chi connectivity index (χ0) is 26.2. The van der Waals surface area contributed by atoms with Crippen LogP contribution in [0.4, 0.5) is 10.2 Å². The fraction of sp³-hybridized carbons (Fsp3) is 0.233. The standard InChI is InChI=1S/C30H27FN4O2S/c1-19-10-14-24(15-11-19)35-30-27(28(33-35)20-6-3-2-4-7-20)29(21-8-5-9-22(31)16-21)38-18-26(37)34(30)17-25(36)32-23-12-13-23/h2-11,14-16,23,29H,12-13,17-18H2,1H3,(H,32,36)/t29-/m0/s1. The van der Waals surface area contributed by atoms with Gasteiger partial charge in [-0.3, -0.25) is 14.5 Å². The summed E-state index contributed by atoms with van der Waals surface area (Å²) in [7, 11) is 0. The van der Waals surface area contributed by atoms with Gasteiger partial charge in [-0.1, -0.05) is 60.2 Å². The van der Waals surface area contributed by atoms with Crippen LogP contribution >= 0.6 is 11.8 Å². The highest BCUT2D eigenvalue weighted by atomic mass is 32.2. The Morgan fingerprint density at radius 1 is 1.05 bits per heavy atom. The molecule has 6 nitrogen and oxygen atoms in total. The van der Waals surface area contributed by atoms with Crippen molar-refractivity contribution in [3.05, 3.63) is 101 Å². The van der Waals surface area contributed by atoms with Crippen LogP contribution in [0, 0.1) is 12.7 Å². The van der Waals surface area contributed by atoms with Gasteiger partial charge >= 0.3 is 0 Å².